The first-order valence-corrected chi connectivity index (χ1v) is 5.30. The summed E-state index contributed by atoms with van der Waals surface area (Å²) in [7, 11) is 0. The minimum atomic E-state index is -2.60. The Bertz CT molecular complexity index is 390. The lowest BCUT2D eigenvalue weighted by Gasteiger charge is -2.01. The number of nitrogens with one attached hydrogen (secondary N) is 2. The Morgan fingerprint density at radius 2 is 2.47 bits per heavy atom. The molecule has 0 bridgehead atoms. The van der Waals surface area contributed by atoms with Gasteiger partial charge in [0.15, 0.2) is 0 Å². The van der Waals surface area contributed by atoms with Gasteiger partial charge in [0.2, 0.25) is 5.89 Å². The highest BCUT2D eigenvalue weighted by atomic mass is 19.3. The molecular formula is C9H12F2N4O2. The quantitative estimate of drug-likeness (QED) is 0.808. The van der Waals surface area contributed by atoms with E-state index in [0.29, 0.717) is 5.89 Å². The second-order valence-electron chi connectivity index (χ2n) is 3.71. The fourth-order valence-corrected chi connectivity index (χ4v) is 1.61. The van der Waals surface area contributed by atoms with Gasteiger partial charge in [-0.1, -0.05) is 5.16 Å². The predicted molar refractivity (Wildman–Crippen MR) is 52.6 cm³/mol. The Morgan fingerprint density at radius 3 is 3.12 bits per heavy atom. The molecule has 1 saturated heterocycles. The molecule has 1 atom stereocenters. The summed E-state index contributed by atoms with van der Waals surface area (Å²) < 4.78 is 28.7. The molecule has 0 radical (unpaired) electrons. The molecule has 0 aliphatic carbocycles. The van der Waals surface area contributed by atoms with Gasteiger partial charge in [-0.15, -0.1) is 0 Å². The molecule has 2 rings (SSSR count). The zero-order valence-corrected chi connectivity index (χ0v) is 8.95. The average molecular weight is 246 g/mol. The highest BCUT2D eigenvalue weighted by molar-refractivity contribution is 5.90. The summed E-state index contributed by atoms with van der Waals surface area (Å²) in [6.45, 7) is 0.143. The molecular weight excluding hydrogens is 234 g/mol. The van der Waals surface area contributed by atoms with Gasteiger partial charge in [0.25, 0.3) is 18.2 Å². The van der Waals surface area contributed by atoms with Gasteiger partial charge in [0.05, 0.1) is 12.6 Å². The molecule has 0 saturated carbocycles. The van der Waals surface area contributed by atoms with E-state index in [-0.39, 0.29) is 11.9 Å². The van der Waals surface area contributed by atoms with Gasteiger partial charge >= 0.3 is 0 Å². The third-order valence-corrected chi connectivity index (χ3v) is 2.42. The van der Waals surface area contributed by atoms with Crippen molar-refractivity contribution in [3.8, 4) is 0 Å². The highest BCUT2D eigenvalue weighted by Gasteiger charge is 2.24. The Hall–Kier alpha value is -1.57. The normalized spacial score (nSPS) is 19.8. The zero-order chi connectivity index (χ0) is 12.3. The Morgan fingerprint density at radius 1 is 1.65 bits per heavy atom. The SMILES string of the molecule is O=C(NCC(F)F)c1noc(C2CCCN2)n1. The summed E-state index contributed by atoms with van der Waals surface area (Å²) in [6, 6.07) is -0.0425. The van der Waals surface area contributed by atoms with E-state index in [1.807, 2.05) is 5.32 Å². The lowest BCUT2D eigenvalue weighted by Crippen LogP contribution is -2.29. The minimum Gasteiger partial charge on any atom is -0.343 e. The summed E-state index contributed by atoms with van der Waals surface area (Å²) in [5.41, 5.74) is 0. The van der Waals surface area contributed by atoms with E-state index in [0.717, 1.165) is 19.4 Å². The fourth-order valence-electron chi connectivity index (χ4n) is 1.61. The molecule has 1 aliphatic rings. The minimum absolute atomic E-state index is 0.0425. The molecule has 0 spiro atoms. The maximum Gasteiger partial charge on any atom is 0.292 e. The first-order valence-electron chi connectivity index (χ1n) is 5.30. The number of hydrogen-bond donors (Lipinski definition) is 2. The van der Waals surface area contributed by atoms with Crippen LogP contribution in [0.15, 0.2) is 4.52 Å². The molecule has 1 amide bonds. The fraction of sp³-hybridized carbons (Fsp3) is 0.667. The maximum atomic E-state index is 11.9. The predicted octanol–water partition coefficient (Wildman–Crippen LogP) is 0.489. The molecule has 8 heteroatoms. The lowest BCUT2D eigenvalue weighted by atomic mass is 10.2. The van der Waals surface area contributed by atoms with Crippen molar-refractivity contribution in [2.24, 2.45) is 0 Å². The summed E-state index contributed by atoms with van der Waals surface area (Å²) >= 11 is 0. The number of hydrogen-bond acceptors (Lipinski definition) is 5. The van der Waals surface area contributed by atoms with Crippen molar-refractivity contribution in [3.63, 3.8) is 0 Å². The number of carbonyl (C=O) groups excluding carboxylic acids is 1. The molecule has 17 heavy (non-hydrogen) atoms. The number of rotatable bonds is 4. The van der Waals surface area contributed by atoms with Crippen LogP contribution in [0.2, 0.25) is 0 Å². The molecule has 1 aromatic rings. The van der Waals surface area contributed by atoms with E-state index in [9.17, 15) is 13.6 Å². The molecule has 1 aromatic heterocycles. The molecule has 1 unspecified atom stereocenters. The van der Waals surface area contributed by atoms with Crippen molar-refractivity contribution in [2.45, 2.75) is 25.3 Å². The van der Waals surface area contributed by atoms with Crippen LogP contribution in [0.25, 0.3) is 0 Å². The van der Waals surface area contributed by atoms with Crippen LogP contribution in [0.4, 0.5) is 8.78 Å². The Labute approximate surface area is 95.8 Å². The summed E-state index contributed by atoms with van der Waals surface area (Å²) in [6.07, 6.45) is -0.734. The summed E-state index contributed by atoms with van der Waals surface area (Å²) in [5.74, 6) is -0.641. The first-order chi connectivity index (χ1) is 8.16. The molecule has 1 aliphatic heterocycles. The molecule has 2 N–H and O–H groups in total. The molecule has 94 valence electrons. The van der Waals surface area contributed by atoms with Crippen LogP contribution in [0.3, 0.4) is 0 Å². The summed E-state index contributed by atoms with van der Waals surface area (Å²) in [5, 5.41) is 8.59. The zero-order valence-electron chi connectivity index (χ0n) is 8.95. The van der Waals surface area contributed by atoms with E-state index >= 15 is 0 Å². The monoisotopic (exact) mass is 246 g/mol. The lowest BCUT2D eigenvalue weighted by molar-refractivity contribution is 0.0879. The van der Waals surface area contributed by atoms with Gasteiger partial charge in [0, 0.05) is 0 Å². The molecule has 0 aromatic carbocycles. The van der Waals surface area contributed by atoms with Gasteiger partial charge in [0.1, 0.15) is 0 Å². The van der Waals surface area contributed by atoms with Crippen LogP contribution < -0.4 is 10.6 Å². The standard InChI is InChI=1S/C9H12F2N4O2/c10-6(11)4-13-8(16)7-14-9(17-15-7)5-2-1-3-12-5/h5-6,12H,1-4H2,(H,13,16). The second kappa shape index (κ2) is 5.17. The van der Waals surface area contributed by atoms with Crippen molar-refractivity contribution in [1.82, 2.24) is 20.8 Å². The average Bonchev–Trinajstić information content (AvgIpc) is 2.94. The number of halogens is 2. The van der Waals surface area contributed by atoms with E-state index < -0.39 is 18.9 Å². The third kappa shape index (κ3) is 2.96. The topological polar surface area (TPSA) is 80.0 Å². The number of nitrogens with zero attached hydrogens (tertiary/aromatic N) is 2. The maximum absolute atomic E-state index is 11.9. The number of aromatic nitrogens is 2. The van der Waals surface area contributed by atoms with Gasteiger partial charge in [-0.25, -0.2) is 8.78 Å². The summed E-state index contributed by atoms with van der Waals surface area (Å²) in [4.78, 5) is 15.2. The number of alkyl halides is 2. The van der Waals surface area contributed by atoms with Crippen LogP contribution in [0.1, 0.15) is 35.4 Å². The van der Waals surface area contributed by atoms with E-state index in [1.165, 1.54) is 0 Å². The largest absolute Gasteiger partial charge is 0.343 e. The van der Waals surface area contributed by atoms with Crippen molar-refractivity contribution < 1.29 is 18.1 Å². The Kier molecular flexibility index (Phi) is 3.62. The Balaban J connectivity index is 1.95. The first kappa shape index (κ1) is 11.9. The number of carbonyl (C=O) groups is 1. The molecule has 6 nitrogen and oxygen atoms in total. The second-order valence-corrected chi connectivity index (χ2v) is 3.71. The highest BCUT2D eigenvalue weighted by Crippen LogP contribution is 2.20. The van der Waals surface area contributed by atoms with E-state index in [1.54, 1.807) is 0 Å². The van der Waals surface area contributed by atoms with Crippen molar-refractivity contribution in [2.75, 3.05) is 13.1 Å². The van der Waals surface area contributed by atoms with E-state index in [2.05, 4.69) is 15.5 Å². The van der Waals surface area contributed by atoms with Crippen LogP contribution in [0.5, 0.6) is 0 Å². The van der Waals surface area contributed by atoms with Crippen molar-refractivity contribution >= 4 is 5.91 Å². The van der Waals surface area contributed by atoms with Crippen LogP contribution in [0, 0.1) is 0 Å². The van der Waals surface area contributed by atoms with Crippen LogP contribution >= 0.6 is 0 Å². The van der Waals surface area contributed by atoms with Crippen LogP contribution in [-0.2, 0) is 0 Å². The van der Waals surface area contributed by atoms with Crippen molar-refractivity contribution in [1.29, 1.82) is 0 Å². The van der Waals surface area contributed by atoms with Crippen LogP contribution in [-0.4, -0.2) is 35.6 Å². The van der Waals surface area contributed by atoms with Gasteiger partial charge in [-0.3, -0.25) is 4.79 Å². The smallest absolute Gasteiger partial charge is 0.292 e. The van der Waals surface area contributed by atoms with Gasteiger partial charge in [-0.05, 0) is 19.4 Å². The molecule has 2 heterocycles. The van der Waals surface area contributed by atoms with Gasteiger partial charge < -0.3 is 15.2 Å². The van der Waals surface area contributed by atoms with Gasteiger partial charge in [-0.2, -0.15) is 4.98 Å². The molecule has 1 fully saturated rings. The third-order valence-electron chi connectivity index (χ3n) is 2.42. The van der Waals surface area contributed by atoms with E-state index in [4.69, 9.17) is 4.52 Å². The van der Waals surface area contributed by atoms with Crippen molar-refractivity contribution in [3.05, 3.63) is 11.7 Å². The number of amides is 1.